The van der Waals surface area contributed by atoms with Crippen molar-refractivity contribution in [2.45, 2.75) is 16.7 Å². The van der Waals surface area contributed by atoms with E-state index in [0.29, 0.717) is 11.4 Å². The van der Waals surface area contributed by atoms with Gasteiger partial charge in [-0.3, -0.25) is 14.5 Å². The van der Waals surface area contributed by atoms with Crippen LogP contribution in [0.1, 0.15) is 16.8 Å². The molecular weight excluding hydrogens is 510 g/mol. The third kappa shape index (κ3) is 4.64. The number of carboxylic acids is 1. The monoisotopic (exact) mass is 531 g/mol. The van der Waals surface area contributed by atoms with E-state index >= 15 is 0 Å². The Hall–Kier alpha value is -3.92. The van der Waals surface area contributed by atoms with Gasteiger partial charge in [-0.15, -0.1) is 16.9 Å². The lowest BCUT2D eigenvalue weighted by atomic mass is 10.0. The molecule has 0 aromatic carbocycles. The molecule has 2 aromatic rings. The maximum Gasteiger partial charge on any atom is 0.352 e. The Bertz CT molecular complexity index is 1290. The molecule has 188 valence electrons. The molecule has 2 aromatic heterocycles. The number of hydrogen-bond donors (Lipinski definition) is 4. The highest BCUT2D eigenvalue weighted by atomic mass is 32.2. The topological polar surface area (TPSA) is 191 Å². The number of carbonyl (C=O) groups excluding carboxylic acids is 2. The van der Waals surface area contributed by atoms with E-state index in [2.05, 4.69) is 50.2 Å². The molecule has 0 radical (unpaired) electrons. The number of β-lactam (4-membered cyclic amide) rings is 1. The summed E-state index contributed by atoms with van der Waals surface area (Å²) in [6.45, 7) is 3.56. The summed E-state index contributed by atoms with van der Waals surface area (Å²) in [7, 11) is 1.60. The van der Waals surface area contributed by atoms with Gasteiger partial charge in [0.1, 0.15) is 35.2 Å². The second-order valence-electron chi connectivity index (χ2n) is 7.58. The number of carbonyl (C=O) groups is 3. The van der Waals surface area contributed by atoms with Gasteiger partial charge < -0.3 is 21.0 Å². The highest BCUT2D eigenvalue weighted by molar-refractivity contribution is 8.00. The van der Waals surface area contributed by atoms with Crippen LogP contribution in [0.15, 0.2) is 47.3 Å². The number of aromatic nitrogens is 5. The van der Waals surface area contributed by atoms with Crippen LogP contribution < -0.4 is 11.1 Å². The van der Waals surface area contributed by atoms with Gasteiger partial charge in [0.2, 0.25) is 0 Å². The lowest BCUT2D eigenvalue weighted by Gasteiger charge is -2.49. The van der Waals surface area contributed by atoms with Crippen LogP contribution in [0.2, 0.25) is 0 Å². The van der Waals surface area contributed by atoms with Gasteiger partial charge in [0.25, 0.3) is 11.8 Å². The standard InChI is InChI=1S/C20H21N9O5S2/c1-3-7-34-25-12(10-5-4-6-11(21)22-10)17(30)23-13-18(31)29-14(20(32)33)9(8-36-19(13)29)15(35)16-24-26-27-28(16)2/h3-6,13,15,19,35H,1,7-8H2,2H3,(H2,21,22)(H,23,30)(H,32,33)/b25-12+. The molecule has 2 aliphatic rings. The summed E-state index contributed by atoms with van der Waals surface area (Å²) >= 11 is 5.79. The van der Waals surface area contributed by atoms with Crippen LogP contribution in [0, 0.1) is 0 Å². The summed E-state index contributed by atoms with van der Waals surface area (Å²) < 4.78 is 1.38. The lowest BCUT2D eigenvalue weighted by molar-refractivity contribution is -0.150. The van der Waals surface area contributed by atoms with E-state index in [1.54, 1.807) is 19.2 Å². The van der Waals surface area contributed by atoms with Crippen LogP contribution in [0.3, 0.4) is 0 Å². The van der Waals surface area contributed by atoms with Crippen LogP contribution in [-0.4, -0.2) is 82.5 Å². The van der Waals surface area contributed by atoms with E-state index in [4.69, 9.17) is 10.6 Å². The van der Waals surface area contributed by atoms with Gasteiger partial charge in [0.15, 0.2) is 11.5 Å². The largest absolute Gasteiger partial charge is 0.477 e. The first-order valence-electron chi connectivity index (χ1n) is 10.4. The number of tetrazole rings is 1. The van der Waals surface area contributed by atoms with Crippen LogP contribution in [0.25, 0.3) is 0 Å². The van der Waals surface area contributed by atoms with Gasteiger partial charge in [-0.05, 0) is 28.1 Å². The summed E-state index contributed by atoms with van der Waals surface area (Å²) in [5, 5.41) is 26.1. The molecule has 0 spiro atoms. The Morgan fingerprint density at radius 1 is 1.50 bits per heavy atom. The van der Waals surface area contributed by atoms with E-state index < -0.39 is 34.4 Å². The Kier molecular flexibility index (Phi) is 7.25. The van der Waals surface area contributed by atoms with Crippen molar-refractivity contribution in [1.29, 1.82) is 0 Å². The van der Waals surface area contributed by atoms with Gasteiger partial charge in [-0.2, -0.15) is 12.6 Å². The molecule has 36 heavy (non-hydrogen) atoms. The molecule has 4 heterocycles. The zero-order valence-electron chi connectivity index (χ0n) is 18.8. The number of anilines is 1. The van der Waals surface area contributed by atoms with Gasteiger partial charge in [-0.25, -0.2) is 14.5 Å². The fourth-order valence-corrected chi connectivity index (χ4v) is 5.57. The first-order chi connectivity index (χ1) is 17.2. The molecule has 3 atom stereocenters. The number of fused-ring (bicyclic) bond motifs is 1. The first kappa shape index (κ1) is 25.2. The molecule has 1 saturated heterocycles. The summed E-state index contributed by atoms with van der Waals surface area (Å²) in [4.78, 5) is 48.6. The third-order valence-corrected chi connectivity index (χ3v) is 7.14. The molecule has 2 amide bonds. The molecular formula is C20H21N9O5S2. The molecule has 3 unspecified atom stereocenters. The second-order valence-corrected chi connectivity index (χ2v) is 9.20. The highest BCUT2D eigenvalue weighted by Gasteiger charge is 2.55. The van der Waals surface area contributed by atoms with Crippen molar-refractivity contribution >= 4 is 53.7 Å². The molecule has 4 rings (SSSR count). The number of pyridine rings is 1. The van der Waals surface area contributed by atoms with Gasteiger partial charge in [-0.1, -0.05) is 23.9 Å². The minimum atomic E-state index is -1.30. The van der Waals surface area contributed by atoms with E-state index in [1.165, 1.54) is 28.6 Å². The van der Waals surface area contributed by atoms with Crippen molar-refractivity contribution in [1.82, 2.24) is 35.4 Å². The van der Waals surface area contributed by atoms with Crippen molar-refractivity contribution in [3.05, 3.63) is 53.6 Å². The van der Waals surface area contributed by atoms with Crippen LogP contribution >= 0.6 is 24.4 Å². The summed E-state index contributed by atoms with van der Waals surface area (Å²) in [6, 6.07) is 3.65. The number of nitrogens with one attached hydrogen (secondary N) is 1. The minimum Gasteiger partial charge on any atom is -0.477 e. The van der Waals surface area contributed by atoms with E-state index in [1.807, 2.05) is 0 Å². The van der Waals surface area contributed by atoms with Crippen LogP contribution in [-0.2, 0) is 26.3 Å². The van der Waals surface area contributed by atoms with Crippen molar-refractivity contribution in [3.8, 4) is 0 Å². The zero-order chi connectivity index (χ0) is 26.0. The molecule has 16 heteroatoms. The van der Waals surface area contributed by atoms with Crippen molar-refractivity contribution in [3.63, 3.8) is 0 Å². The normalized spacial score (nSPS) is 20.3. The molecule has 0 aliphatic carbocycles. The number of oxime groups is 1. The summed E-state index contributed by atoms with van der Waals surface area (Å²) in [5.74, 6) is -1.92. The van der Waals surface area contributed by atoms with E-state index in [9.17, 15) is 19.5 Å². The third-order valence-electron chi connectivity index (χ3n) is 5.29. The Morgan fingerprint density at radius 2 is 2.28 bits per heavy atom. The predicted octanol–water partition coefficient (Wildman–Crippen LogP) is -0.496. The molecule has 0 bridgehead atoms. The van der Waals surface area contributed by atoms with Crippen molar-refractivity contribution in [2.24, 2.45) is 12.2 Å². The average Bonchev–Trinajstić information content (AvgIpc) is 3.29. The minimum absolute atomic E-state index is 0.0369. The quantitative estimate of drug-likeness (QED) is 0.0815. The number of nitrogens with zero attached hydrogens (tertiary/aromatic N) is 7. The van der Waals surface area contributed by atoms with Gasteiger partial charge in [0, 0.05) is 12.8 Å². The molecule has 2 aliphatic heterocycles. The highest BCUT2D eigenvalue weighted by Crippen LogP contribution is 2.44. The fraction of sp³-hybridized carbons (Fsp3) is 0.300. The number of aliphatic carboxylic acids is 1. The number of hydrogen-bond acceptors (Lipinski definition) is 12. The lowest BCUT2D eigenvalue weighted by Crippen LogP contribution is -2.71. The number of thioether (sulfide) groups is 1. The number of amides is 2. The summed E-state index contributed by atoms with van der Waals surface area (Å²) in [6.07, 6.45) is 1.45. The zero-order valence-corrected chi connectivity index (χ0v) is 20.5. The van der Waals surface area contributed by atoms with Crippen LogP contribution in [0.4, 0.5) is 5.82 Å². The number of nitrogen functional groups attached to an aromatic ring is 1. The number of carboxylic acid groups (broad SMARTS) is 1. The average molecular weight is 532 g/mol. The Morgan fingerprint density at radius 3 is 2.92 bits per heavy atom. The molecule has 4 N–H and O–H groups in total. The first-order valence-corrected chi connectivity index (χ1v) is 12.0. The summed E-state index contributed by atoms with van der Waals surface area (Å²) in [5.41, 5.74) is 5.82. The maximum absolute atomic E-state index is 13.1. The maximum atomic E-state index is 13.1. The van der Waals surface area contributed by atoms with Crippen molar-refractivity contribution < 1.29 is 24.3 Å². The second kappa shape index (κ2) is 10.4. The van der Waals surface area contributed by atoms with E-state index in [-0.39, 0.29) is 35.3 Å². The number of rotatable bonds is 9. The number of aryl methyl sites for hydroxylation is 1. The van der Waals surface area contributed by atoms with Gasteiger partial charge in [0.05, 0.1) is 5.25 Å². The smallest absolute Gasteiger partial charge is 0.352 e. The molecule has 0 saturated carbocycles. The van der Waals surface area contributed by atoms with E-state index in [0.717, 1.165) is 4.90 Å². The van der Waals surface area contributed by atoms with Crippen molar-refractivity contribution in [2.75, 3.05) is 18.1 Å². The Balaban J connectivity index is 1.57. The fourth-order valence-electron chi connectivity index (χ4n) is 3.63. The SMILES string of the molecule is C=CCO/N=C(/C(=O)NC1C(=O)N2C(C(=O)O)=C(C(S)c3nnnn3C)CSC12)c1cccc(N)n1. The Labute approximate surface area is 214 Å². The number of nitrogens with two attached hydrogens (primary N) is 1. The van der Waals surface area contributed by atoms with Gasteiger partial charge >= 0.3 is 5.97 Å². The number of thiol groups is 1. The predicted molar refractivity (Wildman–Crippen MR) is 132 cm³/mol. The molecule has 1 fully saturated rings. The van der Waals surface area contributed by atoms with Crippen LogP contribution in [0.5, 0.6) is 0 Å². The molecule has 14 nitrogen and oxygen atoms in total.